The molecule has 1 aromatic carbocycles. The monoisotopic (exact) mass is 268 g/mol. The molecule has 6 nitrogen and oxygen atoms in total. The van der Waals surface area contributed by atoms with E-state index in [1.807, 2.05) is 5.32 Å². The van der Waals surface area contributed by atoms with Crippen LogP contribution in [0.25, 0.3) is 0 Å². The van der Waals surface area contributed by atoms with Crippen LogP contribution in [0.15, 0.2) is 18.2 Å². The van der Waals surface area contributed by atoms with Crippen molar-refractivity contribution in [2.24, 2.45) is 0 Å². The number of rotatable bonds is 4. The predicted molar refractivity (Wildman–Crippen MR) is 65.2 cm³/mol. The Hall–Kier alpha value is -2.44. The Labute approximate surface area is 108 Å². The first-order valence-corrected chi connectivity index (χ1v) is 5.47. The zero-order valence-electron chi connectivity index (χ0n) is 10.2. The number of anilines is 1. The number of imide groups is 1. The maximum Gasteiger partial charge on any atom is 0.325 e. The number of amides is 3. The van der Waals surface area contributed by atoms with Gasteiger partial charge in [0.2, 0.25) is 5.91 Å². The quantitative estimate of drug-likeness (QED) is 0.773. The lowest BCUT2D eigenvalue weighted by Gasteiger charge is -2.07. The van der Waals surface area contributed by atoms with Crippen LogP contribution in [0, 0.1) is 12.7 Å². The van der Waals surface area contributed by atoms with Crippen molar-refractivity contribution in [1.29, 1.82) is 0 Å². The van der Waals surface area contributed by atoms with E-state index in [9.17, 15) is 18.8 Å². The smallest absolute Gasteiger partial charge is 0.325 e. The van der Waals surface area contributed by atoms with Gasteiger partial charge in [-0.3, -0.25) is 14.9 Å². The average Bonchev–Trinajstić information content (AvgIpc) is 2.31. The van der Waals surface area contributed by atoms with E-state index in [2.05, 4.69) is 5.32 Å². The molecule has 1 aromatic rings. The molecule has 0 bridgehead atoms. The van der Waals surface area contributed by atoms with E-state index in [1.54, 1.807) is 0 Å². The molecule has 0 aliphatic carbocycles. The van der Waals surface area contributed by atoms with Crippen LogP contribution >= 0.6 is 0 Å². The highest BCUT2D eigenvalue weighted by atomic mass is 19.1. The molecule has 0 radical (unpaired) electrons. The SMILES string of the molecule is Cc1cc(NC(=O)NC(=O)CCC(=O)O)ccc1F. The lowest BCUT2D eigenvalue weighted by Crippen LogP contribution is -2.34. The third kappa shape index (κ3) is 5.15. The Morgan fingerprint density at radius 1 is 1.26 bits per heavy atom. The summed E-state index contributed by atoms with van der Waals surface area (Å²) in [5.41, 5.74) is 0.692. The Bertz CT molecular complexity index is 516. The van der Waals surface area contributed by atoms with Crippen molar-refractivity contribution in [2.75, 3.05) is 5.32 Å². The summed E-state index contributed by atoms with van der Waals surface area (Å²) in [5.74, 6) is -2.22. The highest BCUT2D eigenvalue weighted by molar-refractivity contribution is 6.01. The standard InChI is InChI=1S/C12H13FN2O4/c1-7-6-8(2-3-9(7)13)14-12(19)15-10(16)4-5-11(17)18/h2-3,6H,4-5H2,1H3,(H,17,18)(H2,14,15,16,19). The number of halogens is 1. The molecule has 0 atom stereocenters. The molecule has 0 saturated heterocycles. The van der Waals surface area contributed by atoms with Gasteiger partial charge in [0.25, 0.3) is 0 Å². The maximum atomic E-state index is 13.0. The van der Waals surface area contributed by atoms with Gasteiger partial charge in [0.1, 0.15) is 5.82 Å². The van der Waals surface area contributed by atoms with Gasteiger partial charge in [-0.2, -0.15) is 0 Å². The van der Waals surface area contributed by atoms with Crippen molar-refractivity contribution in [3.63, 3.8) is 0 Å². The molecule has 7 heteroatoms. The van der Waals surface area contributed by atoms with Crippen LogP contribution in [0.3, 0.4) is 0 Å². The van der Waals surface area contributed by atoms with Gasteiger partial charge in [-0.15, -0.1) is 0 Å². The van der Waals surface area contributed by atoms with E-state index in [0.29, 0.717) is 11.3 Å². The summed E-state index contributed by atoms with van der Waals surface area (Å²) in [7, 11) is 0. The number of carbonyl (C=O) groups is 3. The molecule has 0 fully saturated rings. The predicted octanol–water partition coefficient (Wildman–Crippen LogP) is 1.65. The van der Waals surface area contributed by atoms with Crippen molar-refractivity contribution < 1.29 is 23.9 Å². The minimum absolute atomic E-state index is 0.287. The number of hydrogen-bond donors (Lipinski definition) is 3. The minimum Gasteiger partial charge on any atom is -0.481 e. The molecule has 1 rings (SSSR count). The first kappa shape index (κ1) is 14.6. The zero-order valence-corrected chi connectivity index (χ0v) is 10.2. The molecule has 0 aromatic heterocycles. The van der Waals surface area contributed by atoms with Gasteiger partial charge < -0.3 is 10.4 Å². The largest absolute Gasteiger partial charge is 0.481 e. The number of benzene rings is 1. The van der Waals surface area contributed by atoms with Gasteiger partial charge in [-0.1, -0.05) is 0 Å². The fraction of sp³-hybridized carbons (Fsp3) is 0.250. The highest BCUT2D eigenvalue weighted by Crippen LogP contribution is 2.13. The second kappa shape index (κ2) is 6.48. The highest BCUT2D eigenvalue weighted by Gasteiger charge is 2.10. The van der Waals surface area contributed by atoms with E-state index in [-0.39, 0.29) is 12.8 Å². The Kier molecular flexibility index (Phi) is 4.99. The van der Waals surface area contributed by atoms with Crippen LogP contribution < -0.4 is 10.6 Å². The molecular weight excluding hydrogens is 255 g/mol. The van der Waals surface area contributed by atoms with E-state index in [1.165, 1.54) is 25.1 Å². The van der Waals surface area contributed by atoms with Crippen LogP contribution in [-0.2, 0) is 9.59 Å². The van der Waals surface area contributed by atoms with Crippen molar-refractivity contribution in [2.45, 2.75) is 19.8 Å². The number of carbonyl (C=O) groups excluding carboxylic acids is 2. The summed E-state index contributed by atoms with van der Waals surface area (Å²) < 4.78 is 13.0. The molecule has 19 heavy (non-hydrogen) atoms. The van der Waals surface area contributed by atoms with E-state index in [4.69, 9.17) is 5.11 Å². The van der Waals surface area contributed by atoms with Crippen LogP contribution in [-0.4, -0.2) is 23.0 Å². The lowest BCUT2D eigenvalue weighted by molar-refractivity contribution is -0.138. The number of aliphatic carboxylic acids is 1. The lowest BCUT2D eigenvalue weighted by atomic mass is 10.2. The van der Waals surface area contributed by atoms with Gasteiger partial charge >= 0.3 is 12.0 Å². The van der Waals surface area contributed by atoms with Crippen LogP contribution in [0.4, 0.5) is 14.9 Å². The van der Waals surface area contributed by atoms with E-state index < -0.39 is 23.7 Å². The summed E-state index contributed by atoms with van der Waals surface area (Å²) in [5, 5.41) is 12.7. The van der Waals surface area contributed by atoms with Gasteiger partial charge in [0.05, 0.1) is 6.42 Å². The van der Waals surface area contributed by atoms with Crippen molar-refractivity contribution >= 4 is 23.6 Å². The first-order chi connectivity index (χ1) is 8.88. The summed E-state index contributed by atoms with van der Waals surface area (Å²) in [6.07, 6.45) is -0.639. The normalized spacial score (nSPS) is 9.79. The van der Waals surface area contributed by atoms with Gasteiger partial charge in [0.15, 0.2) is 0 Å². The van der Waals surface area contributed by atoms with E-state index >= 15 is 0 Å². The fourth-order valence-electron chi connectivity index (χ4n) is 1.29. The Morgan fingerprint density at radius 3 is 2.53 bits per heavy atom. The number of carboxylic acids is 1. The molecule has 0 aliphatic heterocycles. The Morgan fingerprint density at radius 2 is 1.95 bits per heavy atom. The van der Waals surface area contributed by atoms with Crippen LogP contribution in [0.2, 0.25) is 0 Å². The number of nitrogens with one attached hydrogen (secondary N) is 2. The molecule has 0 heterocycles. The summed E-state index contributed by atoms with van der Waals surface area (Å²) >= 11 is 0. The Balaban J connectivity index is 2.48. The van der Waals surface area contributed by atoms with Crippen molar-refractivity contribution in [3.8, 4) is 0 Å². The fourth-order valence-corrected chi connectivity index (χ4v) is 1.29. The summed E-state index contributed by atoms with van der Waals surface area (Å²) in [6.45, 7) is 1.54. The number of urea groups is 1. The molecular formula is C12H13FN2O4. The summed E-state index contributed by atoms with van der Waals surface area (Å²) in [4.78, 5) is 32.8. The second-order valence-corrected chi connectivity index (χ2v) is 3.86. The molecule has 102 valence electrons. The zero-order chi connectivity index (χ0) is 14.4. The molecule has 0 unspecified atom stereocenters. The maximum absolute atomic E-state index is 13.0. The minimum atomic E-state index is -1.12. The third-order valence-corrected chi connectivity index (χ3v) is 2.23. The summed E-state index contributed by atoms with van der Waals surface area (Å²) in [6, 6.07) is 3.17. The van der Waals surface area contributed by atoms with Crippen LogP contribution in [0.1, 0.15) is 18.4 Å². The second-order valence-electron chi connectivity index (χ2n) is 3.86. The van der Waals surface area contributed by atoms with E-state index in [0.717, 1.165) is 0 Å². The molecule has 0 saturated carbocycles. The van der Waals surface area contributed by atoms with Crippen molar-refractivity contribution in [1.82, 2.24) is 5.32 Å². The molecule has 0 spiro atoms. The molecule has 3 amide bonds. The van der Waals surface area contributed by atoms with Crippen LogP contribution in [0.5, 0.6) is 0 Å². The first-order valence-electron chi connectivity index (χ1n) is 5.47. The van der Waals surface area contributed by atoms with Gasteiger partial charge in [0, 0.05) is 12.1 Å². The third-order valence-electron chi connectivity index (χ3n) is 2.23. The number of hydrogen-bond acceptors (Lipinski definition) is 3. The van der Waals surface area contributed by atoms with Gasteiger partial charge in [-0.05, 0) is 30.7 Å². The van der Waals surface area contributed by atoms with Gasteiger partial charge in [-0.25, -0.2) is 9.18 Å². The molecule has 3 N–H and O–H groups in total. The number of aryl methyl sites for hydroxylation is 1. The topological polar surface area (TPSA) is 95.5 Å². The average molecular weight is 268 g/mol. The van der Waals surface area contributed by atoms with Crippen molar-refractivity contribution in [3.05, 3.63) is 29.6 Å². The number of carboxylic acid groups (broad SMARTS) is 1. The molecule has 0 aliphatic rings.